The fraction of sp³-hybridized carbons (Fsp3) is 0. The Balaban J connectivity index is 0. The minimum atomic E-state index is 0. The summed E-state index contributed by atoms with van der Waals surface area (Å²) in [7, 11) is 0. The summed E-state index contributed by atoms with van der Waals surface area (Å²) in [6, 6.07) is 0. The topological polar surface area (TPSA) is 0 Å². The third-order valence-electron chi connectivity index (χ3n) is 0. The molecule has 0 nitrogen and oxygen atoms in total. The van der Waals surface area contributed by atoms with Crippen molar-refractivity contribution in [3.63, 3.8) is 0 Å². The van der Waals surface area contributed by atoms with Gasteiger partial charge in [0.15, 0.2) is 0 Å². The molecule has 0 saturated heterocycles. The summed E-state index contributed by atoms with van der Waals surface area (Å²) in [4.78, 5) is 0. The van der Waals surface area contributed by atoms with E-state index in [1.54, 1.807) is 0 Å². The normalized spacial score (nSPS) is 0. The van der Waals surface area contributed by atoms with Gasteiger partial charge in [0.1, 0.15) is 0 Å². The van der Waals surface area contributed by atoms with E-state index in [0.29, 0.717) is 0 Å². The molecule has 27 valence electrons. The Labute approximate surface area is 74.0 Å². The molecule has 0 aliphatic rings. The molecule has 0 aliphatic heterocycles. The second-order valence-corrected chi connectivity index (χ2v) is 0. The molecule has 0 unspecified atom stereocenters. The Kier molecular flexibility index (Phi) is 151. The van der Waals surface area contributed by atoms with Gasteiger partial charge in [-0.1, -0.05) is 0 Å². The molecule has 0 saturated carbocycles. The Morgan fingerprint density at radius 3 is 1.00 bits per heavy atom. The summed E-state index contributed by atoms with van der Waals surface area (Å²) in [5, 5.41) is 0. The largest absolute Gasteiger partial charge is 0 e. The fourth-order valence-electron chi connectivity index (χ4n) is 0. The van der Waals surface area contributed by atoms with Gasteiger partial charge in [0.05, 0.1) is 0 Å². The monoisotopic (exact) mass is 285 g/mol. The molecule has 0 aromatic heterocycles. The third-order valence-corrected chi connectivity index (χ3v) is 0. The van der Waals surface area contributed by atoms with Gasteiger partial charge in [-0.2, -0.15) is 0 Å². The molecule has 0 aromatic rings. The van der Waals surface area contributed by atoms with Crippen LogP contribution in [0.3, 0.4) is 0 Å². The minimum absolute atomic E-state index is 0. The van der Waals surface area contributed by atoms with E-state index in [-0.39, 0.29) is 74.8 Å². The van der Waals surface area contributed by atoms with Gasteiger partial charge in [0.2, 0.25) is 0 Å². The van der Waals surface area contributed by atoms with Gasteiger partial charge in [-0.15, -0.1) is 0 Å². The molecular formula is CrMnNiSn. The molecule has 0 atom stereocenters. The zero-order chi connectivity index (χ0) is 0. The molecule has 0 rings (SSSR count). The van der Waals surface area contributed by atoms with Crippen LogP contribution >= 0.6 is 0 Å². The van der Waals surface area contributed by atoms with Gasteiger partial charge < -0.3 is 0 Å². The summed E-state index contributed by atoms with van der Waals surface area (Å²) in [6.45, 7) is 0. The van der Waals surface area contributed by atoms with Crippen molar-refractivity contribution < 1.29 is 50.9 Å². The van der Waals surface area contributed by atoms with E-state index in [9.17, 15) is 0 Å². The molecule has 5 radical (unpaired) electrons. The number of hydrogen-bond donors (Lipinski definition) is 0. The molecule has 0 amide bonds. The quantitative estimate of drug-likeness (QED) is 0.532. The number of hydrogen-bond acceptors (Lipinski definition) is 0. The predicted octanol–water partition coefficient (Wildman–Crippen LogP) is -0.388. The van der Waals surface area contributed by atoms with Crippen LogP contribution < -0.4 is 0 Å². The molecule has 0 N–H and O–H groups in total. The SMILES string of the molecule is [Cr].[Mn].[Ni].[Sn]. The maximum Gasteiger partial charge on any atom is 0 e. The van der Waals surface area contributed by atoms with E-state index < -0.39 is 0 Å². The van der Waals surface area contributed by atoms with Crippen LogP contribution in [0.25, 0.3) is 0 Å². The Morgan fingerprint density at radius 2 is 1.00 bits per heavy atom. The van der Waals surface area contributed by atoms with Crippen LogP contribution in [0.5, 0.6) is 0 Å². The van der Waals surface area contributed by atoms with Gasteiger partial charge in [-0.25, -0.2) is 0 Å². The smallest absolute Gasteiger partial charge is 0 e. The maximum absolute atomic E-state index is 0. The zero-order valence-corrected chi connectivity index (χ0v) is 7.90. The summed E-state index contributed by atoms with van der Waals surface area (Å²) < 4.78 is 0. The van der Waals surface area contributed by atoms with Gasteiger partial charge in [0.25, 0.3) is 0 Å². The second-order valence-electron chi connectivity index (χ2n) is 0. The van der Waals surface area contributed by atoms with Gasteiger partial charge in [-0.3, -0.25) is 0 Å². The number of rotatable bonds is 0. The van der Waals surface area contributed by atoms with Crippen molar-refractivity contribution in [3.05, 3.63) is 0 Å². The average Bonchev–Trinajstić information content (AvgIpc) is 0. The van der Waals surface area contributed by atoms with Crippen molar-refractivity contribution >= 4 is 23.9 Å². The molecule has 0 aromatic carbocycles. The van der Waals surface area contributed by atoms with Crippen molar-refractivity contribution in [3.8, 4) is 0 Å². The molecule has 0 bridgehead atoms. The van der Waals surface area contributed by atoms with Crippen LogP contribution in [0, 0.1) is 0 Å². The van der Waals surface area contributed by atoms with Crippen molar-refractivity contribution in [2.45, 2.75) is 0 Å². The van der Waals surface area contributed by atoms with Crippen molar-refractivity contribution in [1.82, 2.24) is 0 Å². The molecule has 0 fully saturated rings. The average molecular weight is 284 g/mol. The molecule has 0 heterocycles. The summed E-state index contributed by atoms with van der Waals surface area (Å²) in [5.41, 5.74) is 0. The Morgan fingerprint density at radius 1 is 1.00 bits per heavy atom. The first-order chi connectivity index (χ1) is 0. The van der Waals surface area contributed by atoms with Gasteiger partial charge in [0, 0.05) is 74.8 Å². The Bertz CT molecular complexity index is 8.00. The van der Waals surface area contributed by atoms with Crippen LogP contribution in [0.15, 0.2) is 0 Å². The molecule has 0 spiro atoms. The predicted molar refractivity (Wildman–Crippen MR) is 5.75 cm³/mol. The van der Waals surface area contributed by atoms with Gasteiger partial charge >= 0.3 is 0 Å². The van der Waals surface area contributed by atoms with Crippen molar-refractivity contribution in [2.75, 3.05) is 0 Å². The van der Waals surface area contributed by atoms with E-state index in [1.807, 2.05) is 0 Å². The van der Waals surface area contributed by atoms with Gasteiger partial charge in [-0.05, 0) is 0 Å². The minimum Gasteiger partial charge on any atom is 0 e. The summed E-state index contributed by atoms with van der Waals surface area (Å²) >= 11 is 0. The standard InChI is InChI=1S/Cr.Mn.Ni.Sn. The first-order valence-electron chi connectivity index (χ1n) is 0. The first-order valence-corrected chi connectivity index (χ1v) is 0. The Hall–Kier alpha value is 2.34. The summed E-state index contributed by atoms with van der Waals surface area (Å²) in [5.74, 6) is 0. The van der Waals surface area contributed by atoms with E-state index in [4.69, 9.17) is 0 Å². The van der Waals surface area contributed by atoms with Crippen LogP contribution in [0.2, 0.25) is 0 Å². The van der Waals surface area contributed by atoms with E-state index in [2.05, 4.69) is 0 Å². The molecule has 4 heteroatoms. The second kappa shape index (κ2) is 18.4. The molecule has 0 aliphatic carbocycles. The zero-order valence-electron chi connectivity index (χ0n) is 1.60. The fourth-order valence-corrected chi connectivity index (χ4v) is 0. The van der Waals surface area contributed by atoms with E-state index in [1.165, 1.54) is 0 Å². The van der Waals surface area contributed by atoms with Crippen LogP contribution in [-0.4, -0.2) is 23.9 Å². The maximum atomic E-state index is 0. The van der Waals surface area contributed by atoms with E-state index in [0.717, 1.165) is 0 Å². The molecule has 4 heavy (non-hydrogen) atoms. The first kappa shape index (κ1) is 33.0. The summed E-state index contributed by atoms with van der Waals surface area (Å²) in [6.07, 6.45) is 0. The molecular weight excluding hydrogens is 284 g/mol. The van der Waals surface area contributed by atoms with Crippen molar-refractivity contribution in [2.24, 2.45) is 0 Å². The van der Waals surface area contributed by atoms with Crippen LogP contribution in [-0.2, 0) is 50.9 Å². The van der Waals surface area contributed by atoms with E-state index >= 15 is 0 Å². The van der Waals surface area contributed by atoms with Crippen LogP contribution in [0.1, 0.15) is 0 Å². The van der Waals surface area contributed by atoms with Crippen molar-refractivity contribution in [1.29, 1.82) is 0 Å². The third kappa shape index (κ3) is 8.84. The van der Waals surface area contributed by atoms with Crippen LogP contribution in [0.4, 0.5) is 0 Å².